The van der Waals surface area contributed by atoms with E-state index in [2.05, 4.69) is 21.2 Å². The maximum atomic E-state index is 12.1. The number of hydrogen-bond donors (Lipinski definition) is 3. The van der Waals surface area contributed by atoms with Gasteiger partial charge in [-0.3, -0.25) is 14.4 Å². The van der Waals surface area contributed by atoms with E-state index in [4.69, 9.17) is 21.1 Å². The highest BCUT2D eigenvalue weighted by Crippen LogP contribution is 2.23. The summed E-state index contributed by atoms with van der Waals surface area (Å²) in [6.45, 7) is -0.230. The van der Waals surface area contributed by atoms with Gasteiger partial charge in [-0.25, -0.2) is 5.43 Å². The van der Waals surface area contributed by atoms with Crippen LogP contribution in [0.1, 0.15) is 5.56 Å². The number of anilines is 2. The molecule has 3 amide bonds. The van der Waals surface area contributed by atoms with E-state index in [1.165, 1.54) is 13.3 Å². The molecule has 34 heavy (non-hydrogen) atoms. The molecular weight excluding hydrogens is 460 g/mol. The molecule has 3 aromatic rings. The number of rotatable bonds is 8. The molecule has 0 aliphatic heterocycles. The van der Waals surface area contributed by atoms with Crippen LogP contribution >= 0.6 is 11.6 Å². The van der Waals surface area contributed by atoms with Crippen molar-refractivity contribution in [3.8, 4) is 11.5 Å². The number of para-hydroxylation sites is 3. The van der Waals surface area contributed by atoms with Gasteiger partial charge in [-0.1, -0.05) is 48.0 Å². The second-order valence-corrected chi connectivity index (χ2v) is 7.15. The summed E-state index contributed by atoms with van der Waals surface area (Å²) in [5.41, 5.74) is 3.58. The van der Waals surface area contributed by atoms with Crippen LogP contribution in [0, 0.1) is 0 Å². The molecule has 0 saturated carbocycles. The topological polar surface area (TPSA) is 118 Å². The van der Waals surface area contributed by atoms with E-state index in [-0.39, 0.29) is 12.5 Å². The maximum Gasteiger partial charge on any atom is 0.329 e. The normalized spacial score (nSPS) is 10.4. The molecule has 10 heteroatoms. The van der Waals surface area contributed by atoms with Crippen LogP contribution < -0.4 is 25.5 Å². The first-order chi connectivity index (χ1) is 16.5. The van der Waals surface area contributed by atoms with Crippen LogP contribution in [0.15, 0.2) is 77.9 Å². The second kappa shape index (κ2) is 12.0. The first kappa shape index (κ1) is 24.3. The number of nitrogens with one attached hydrogen (secondary N) is 3. The number of methoxy groups -OCH3 is 1. The molecule has 0 fully saturated rings. The largest absolute Gasteiger partial charge is 0.495 e. The quantitative estimate of drug-likeness (QED) is 0.259. The second-order valence-electron chi connectivity index (χ2n) is 6.74. The lowest BCUT2D eigenvalue weighted by Gasteiger charge is -2.09. The lowest BCUT2D eigenvalue weighted by Crippen LogP contribution is -2.32. The fraction of sp³-hybridized carbons (Fsp3) is 0.0833. The number of nitrogens with zero attached hydrogens (tertiary/aromatic N) is 1. The summed E-state index contributed by atoms with van der Waals surface area (Å²) in [4.78, 5) is 36.1. The van der Waals surface area contributed by atoms with Gasteiger partial charge in [0.25, 0.3) is 5.91 Å². The molecule has 0 spiro atoms. The van der Waals surface area contributed by atoms with E-state index in [9.17, 15) is 14.4 Å². The summed E-state index contributed by atoms with van der Waals surface area (Å²) < 4.78 is 10.6. The Bertz CT molecular complexity index is 1220. The highest BCUT2D eigenvalue weighted by atomic mass is 35.5. The summed E-state index contributed by atoms with van der Waals surface area (Å²) in [5, 5.41) is 9.32. The summed E-state index contributed by atoms with van der Waals surface area (Å²) in [6.07, 6.45) is 1.34. The van der Waals surface area contributed by atoms with Crippen molar-refractivity contribution in [1.29, 1.82) is 0 Å². The van der Waals surface area contributed by atoms with Crippen molar-refractivity contribution in [2.24, 2.45) is 5.10 Å². The zero-order valence-electron chi connectivity index (χ0n) is 18.1. The Kier molecular flexibility index (Phi) is 8.59. The Morgan fingerprint density at radius 1 is 0.912 bits per heavy atom. The maximum absolute atomic E-state index is 12.1. The van der Waals surface area contributed by atoms with E-state index in [0.29, 0.717) is 33.5 Å². The number of carbonyl (C=O) groups is 3. The molecule has 3 N–H and O–H groups in total. The van der Waals surface area contributed by atoms with Crippen molar-refractivity contribution in [2.45, 2.75) is 0 Å². The lowest BCUT2D eigenvalue weighted by molar-refractivity contribution is -0.136. The van der Waals surface area contributed by atoms with Gasteiger partial charge in [0, 0.05) is 0 Å². The van der Waals surface area contributed by atoms with Crippen molar-refractivity contribution in [3.05, 3.63) is 83.4 Å². The van der Waals surface area contributed by atoms with Crippen molar-refractivity contribution >= 4 is 46.9 Å². The molecular formula is C24H21ClN4O5. The van der Waals surface area contributed by atoms with Crippen LogP contribution in [-0.2, 0) is 14.4 Å². The molecule has 0 aliphatic carbocycles. The van der Waals surface area contributed by atoms with Gasteiger partial charge in [0.2, 0.25) is 0 Å². The van der Waals surface area contributed by atoms with Gasteiger partial charge >= 0.3 is 11.8 Å². The fourth-order valence-electron chi connectivity index (χ4n) is 2.73. The van der Waals surface area contributed by atoms with E-state index >= 15 is 0 Å². The number of amides is 3. The molecule has 174 valence electrons. The highest BCUT2D eigenvalue weighted by molar-refractivity contribution is 6.39. The molecule has 0 bridgehead atoms. The number of hydrogen-bond acceptors (Lipinski definition) is 6. The summed E-state index contributed by atoms with van der Waals surface area (Å²) in [6, 6.07) is 20.3. The average Bonchev–Trinajstić information content (AvgIpc) is 2.84. The van der Waals surface area contributed by atoms with Gasteiger partial charge in [-0.05, 0) is 42.0 Å². The molecule has 0 heterocycles. The van der Waals surface area contributed by atoms with E-state index in [1.807, 2.05) is 0 Å². The smallest absolute Gasteiger partial charge is 0.329 e. The van der Waals surface area contributed by atoms with Crippen LogP contribution in [0.5, 0.6) is 11.5 Å². The Labute approximate surface area is 200 Å². The van der Waals surface area contributed by atoms with Gasteiger partial charge in [-0.2, -0.15) is 5.10 Å². The number of halogens is 1. The zero-order valence-corrected chi connectivity index (χ0v) is 18.8. The van der Waals surface area contributed by atoms with Crippen molar-refractivity contribution < 1.29 is 23.9 Å². The molecule has 0 aliphatic rings. The fourth-order valence-corrected chi connectivity index (χ4v) is 2.91. The van der Waals surface area contributed by atoms with Crippen LogP contribution in [0.25, 0.3) is 0 Å². The monoisotopic (exact) mass is 480 g/mol. The van der Waals surface area contributed by atoms with E-state index in [0.717, 1.165) is 0 Å². The van der Waals surface area contributed by atoms with Crippen molar-refractivity contribution in [3.63, 3.8) is 0 Å². The van der Waals surface area contributed by atoms with Gasteiger partial charge in [0.1, 0.15) is 11.5 Å². The lowest BCUT2D eigenvalue weighted by atomic mass is 10.2. The number of ether oxygens (including phenoxy) is 2. The van der Waals surface area contributed by atoms with E-state index in [1.54, 1.807) is 72.8 Å². The molecule has 9 nitrogen and oxygen atoms in total. The van der Waals surface area contributed by atoms with Crippen molar-refractivity contribution in [1.82, 2.24) is 5.43 Å². The van der Waals surface area contributed by atoms with Crippen LogP contribution in [0.4, 0.5) is 11.4 Å². The van der Waals surface area contributed by atoms with Gasteiger partial charge in [0.05, 0.1) is 29.7 Å². The number of hydrazone groups is 1. The molecule has 0 atom stereocenters. The zero-order chi connectivity index (χ0) is 24.3. The molecule has 0 radical (unpaired) electrons. The number of carbonyl (C=O) groups excluding carboxylic acids is 3. The Hall–Kier alpha value is -4.37. The van der Waals surface area contributed by atoms with Crippen LogP contribution in [0.3, 0.4) is 0 Å². The Morgan fingerprint density at radius 3 is 2.41 bits per heavy atom. The molecule has 0 saturated heterocycles. The van der Waals surface area contributed by atoms with Crippen LogP contribution in [-0.4, -0.2) is 37.7 Å². The van der Waals surface area contributed by atoms with Crippen LogP contribution in [0.2, 0.25) is 5.02 Å². The Morgan fingerprint density at radius 2 is 1.65 bits per heavy atom. The summed E-state index contributed by atoms with van der Waals surface area (Å²) in [7, 11) is 1.46. The standard InChI is InChI=1S/C24H21ClN4O5/c1-33-21-12-5-4-11-20(21)28-23(31)24(32)29-26-14-16-7-6-8-17(13-16)34-15-22(30)27-19-10-3-2-9-18(19)25/h2-14H,15H2,1H3,(H,27,30)(H,28,31)(H,29,32)/b26-14-. The molecule has 3 aromatic carbocycles. The average molecular weight is 481 g/mol. The molecule has 0 unspecified atom stereocenters. The van der Waals surface area contributed by atoms with Gasteiger partial charge < -0.3 is 20.1 Å². The van der Waals surface area contributed by atoms with E-state index < -0.39 is 11.8 Å². The van der Waals surface area contributed by atoms with Crippen molar-refractivity contribution in [2.75, 3.05) is 24.4 Å². The minimum Gasteiger partial charge on any atom is -0.495 e. The first-order valence-corrected chi connectivity index (χ1v) is 10.4. The number of benzene rings is 3. The minimum atomic E-state index is -0.953. The predicted molar refractivity (Wildman–Crippen MR) is 129 cm³/mol. The summed E-state index contributed by atoms with van der Waals surface area (Å²) >= 11 is 6.02. The van der Waals surface area contributed by atoms with Gasteiger partial charge in [0.15, 0.2) is 6.61 Å². The molecule has 3 rings (SSSR count). The highest BCUT2D eigenvalue weighted by Gasteiger charge is 2.15. The third kappa shape index (κ3) is 7.07. The predicted octanol–water partition coefficient (Wildman–Crippen LogP) is 3.45. The third-order valence-electron chi connectivity index (χ3n) is 4.32. The molecule has 0 aromatic heterocycles. The Balaban J connectivity index is 1.50. The first-order valence-electron chi connectivity index (χ1n) is 10.0. The summed E-state index contributed by atoms with van der Waals surface area (Å²) in [5.74, 6) is -1.39. The minimum absolute atomic E-state index is 0.230. The van der Waals surface area contributed by atoms with Gasteiger partial charge in [-0.15, -0.1) is 0 Å². The SMILES string of the molecule is COc1ccccc1NC(=O)C(=O)N/N=C\c1cccc(OCC(=O)Nc2ccccc2Cl)c1. The third-order valence-corrected chi connectivity index (χ3v) is 4.65.